The van der Waals surface area contributed by atoms with Crippen LogP contribution in [0.15, 0.2) is 30.3 Å². The monoisotopic (exact) mass is 403 g/mol. The molecule has 3 rings (SSSR count). The van der Waals surface area contributed by atoms with E-state index in [-0.39, 0.29) is 12.0 Å². The van der Waals surface area contributed by atoms with Crippen LogP contribution in [0, 0.1) is 20.8 Å². The van der Waals surface area contributed by atoms with Gasteiger partial charge in [-0.15, -0.1) is 0 Å². The average molecular weight is 404 g/mol. The van der Waals surface area contributed by atoms with Crippen LogP contribution in [0.3, 0.4) is 0 Å². The van der Waals surface area contributed by atoms with Gasteiger partial charge in [-0.1, -0.05) is 11.6 Å². The van der Waals surface area contributed by atoms with Gasteiger partial charge >= 0.3 is 0 Å². The molecule has 0 saturated carbocycles. The highest BCUT2D eigenvalue weighted by Gasteiger charge is 2.26. The Bertz CT molecular complexity index is 845. The van der Waals surface area contributed by atoms with E-state index < -0.39 is 0 Å². The number of hydrogen-bond donors (Lipinski definition) is 0. The van der Waals surface area contributed by atoms with Gasteiger partial charge in [0, 0.05) is 17.1 Å². The summed E-state index contributed by atoms with van der Waals surface area (Å²) in [4.78, 5) is 14.8. The second kappa shape index (κ2) is 8.84. The molecule has 0 N–H and O–H groups in total. The van der Waals surface area contributed by atoms with Gasteiger partial charge in [0.05, 0.1) is 20.3 Å². The molecule has 0 bridgehead atoms. The zero-order valence-corrected chi connectivity index (χ0v) is 17.5. The van der Waals surface area contributed by atoms with Gasteiger partial charge in [0.1, 0.15) is 24.2 Å². The maximum Gasteiger partial charge on any atom is 0.254 e. The molecule has 5 nitrogen and oxygen atoms in total. The molecular formula is C22H26ClNO4. The van der Waals surface area contributed by atoms with Crippen LogP contribution in [-0.2, 0) is 4.74 Å². The van der Waals surface area contributed by atoms with Crippen molar-refractivity contribution in [2.45, 2.75) is 26.9 Å². The Kier molecular flexibility index (Phi) is 6.47. The van der Waals surface area contributed by atoms with Gasteiger partial charge in [-0.3, -0.25) is 4.79 Å². The summed E-state index contributed by atoms with van der Waals surface area (Å²) in [7, 11) is 1.64. The molecule has 0 radical (unpaired) electrons. The van der Waals surface area contributed by atoms with Gasteiger partial charge in [0.15, 0.2) is 0 Å². The Morgan fingerprint density at radius 3 is 2.54 bits per heavy atom. The number of carbonyl (C=O) groups is 1. The van der Waals surface area contributed by atoms with Crippen molar-refractivity contribution in [1.29, 1.82) is 0 Å². The maximum absolute atomic E-state index is 13.0. The number of ether oxygens (including phenoxy) is 3. The van der Waals surface area contributed by atoms with Crippen molar-refractivity contribution in [2.24, 2.45) is 0 Å². The smallest absolute Gasteiger partial charge is 0.254 e. The van der Waals surface area contributed by atoms with Crippen LogP contribution in [-0.4, -0.2) is 50.3 Å². The number of aryl methyl sites for hydroxylation is 3. The quantitative estimate of drug-likeness (QED) is 0.750. The molecule has 1 heterocycles. The van der Waals surface area contributed by atoms with Gasteiger partial charge < -0.3 is 19.1 Å². The van der Waals surface area contributed by atoms with Crippen LogP contribution in [0.1, 0.15) is 27.0 Å². The number of morpholine rings is 1. The summed E-state index contributed by atoms with van der Waals surface area (Å²) in [5.41, 5.74) is 3.55. The third-order valence-corrected chi connectivity index (χ3v) is 5.33. The first-order valence-corrected chi connectivity index (χ1v) is 9.72. The van der Waals surface area contributed by atoms with Crippen LogP contribution in [0.2, 0.25) is 5.02 Å². The van der Waals surface area contributed by atoms with Crippen molar-refractivity contribution in [3.63, 3.8) is 0 Å². The molecule has 1 aliphatic heterocycles. The molecule has 150 valence electrons. The normalized spacial score (nSPS) is 16.8. The van der Waals surface area contributed by atoms with Crippen LogP contribution < -0.4 is 9.47 Å². The van der Waals surface area contributed by atoms with Gasteiger partial charge in [0.2, 0.25) is 0 Å². The first-order valence-electron chi connectivity index (χ1n) is 9.34. The zero-order valence-electron chi connectivity index (χ0n) is 16.8. The largest absolute Gasteiger partial charge is 0.496 e. The summed E-state index contributed by atoms with van der Waals surface area (Å²) in [6, 6.07) is 9.32. The lowest BCUT2D eigenvalue weighted by atomic mass is 10.0. The predicted molar refractivity (Wildman–Crippen MR) is 110 cm³/mol. The fourth-order valence-electron chi connectivity index (χ4n) is 3.48. The van der Waals surface area contributed by atoms with E-state index in [0.717, 1.165) is 28.2 Å². The van der Waals surface area contributed by atoms with Gasteiger partial charge in [-0.2, -0.15) is 0 Å². The lowest BCUT2D eigenvalue weighted by molar-refractivity contribution is -0.0401. The molecule has 0 aliphatic carbocycles. The number of carbonyl (C=O) groups excluding carboxylic acids is 1. The van der Waals surface area contributed by atoms with Crippen molar-refractivity contribution >= 4 is 17.5 Å². The summed E-state index contributed by atoms with van der Waals surface area (Å²) in [6.07, 6.45) is -0.172. The Labute approximate surface area is 171 Å². The number of halogens is 1. The summed E-state index contributed by atoms with van der Waals surface area (Å²) in [5.74, 6) is 1.57. The van der Waals surface area contributed by atoms with Crippen molar-refractivity contribution in [2.75, 3.05) is 33.4 Å². The molecule has 1 fully saturated rings. The SMILES string of the molecule is COc1c(C)cc(C(=O)N2CCO[C@H](COc3ccc(Cl)c(C)c3)C2)cc1C. The minimum atomic E-state index is -0.172. The Morgan fingerprint density at radius 1 is 1.18 bits per heavy atom. The highest BCUT2D eigenvalue weighted by atomic mass is 35.5. The molecule has 2 aromatic carbocycles. The molecule has 0 spiro atoms. The predicted octanol–water partition coefficient (Wildman–Crippen LogP) is 4.19. The Hall–Kier alpha value is -2.24. The molecule has 0 aromatic heterocycles. The van der Waals surface area contributed by atoms with Crippen molar-refractivity contribution in [3.8, 4) is 11.5 Å². The summed E-state index contributed by atoms with van der Waals surface area (Å²) in [6.45, 7) is 7.78. The van der Waals surface area contributed by atoms with Crippen LogP contribution >= 0.6 is 11.6 Å². The van der Waals surface area contributed by atoms with Crippen LogP contribution in [0.4, 0.5) is 0 Å². The topological polar surface area (TPSA) is 48.0 Å². The zero-order chi connectivity index (χ0) is 20.3. The molecule has 1 amide bonds. The number of amides is 1. The van der Waals surface area contributed by atoms with E-state index in [2.05, 4.69) is 0 Å². The Balaban J connectivity index is 1.64. The van der Waals surface area contributed by atoms with E-state index in [0.29, 0.717) is 36.9 Å². The molecule has 1 aliphatic rings. The van der Waals surface area contributed by atoms with E-state index in [9.17, 15) is 4.79 Å². The summed E-state index contributed by atoms with van der Waals surface area (Å²) in [5, 5.41) is 0.711. The molecular weight excluding hydrogens is 378 g/mol. The van der Waals surface area contributed by atoms with Crippen LogP contribution in [0.25, 0.3) is 0 Å². The van der Waals surface area contributed by atoms with E-state index in [1.807, 2.05) is 56.0 Å². The van der Waals surface area contributed by atoms with Gasteiger partial charge in [0.25, 0.3) is 5.91 Å². The van der Waals surface area contributed by atoms with E-state index in [1.165, 1.54) is 0 Å². The fourth-order valence-corrected chi connectivity index (χ4v) is 3.60. The highest BCUT2D eigenvalue weighted by molar-refractivity contribution is 6.31. The number of nitrogens with zero attached hydrogens (tertiary/aromatic N) is 1. The second-order valence-electron chi connectivity index (χ2n) is 7.11. The van der Waals surface area contributed by atoms with Crippen molar-refractivity contribution in [1.82, 2.24) is 4.90 Å². The molecule has 0 unspecified atom stereocenters. The van der Waals surface area contributed by atoms with Gasteiger partial charge in [-0.25, -0.2) is 0 Å². The number of methoxy groups -OCH3 is 1. The maximum atomic E-state index is 13.0. The fraction of sp³-hybridized carbons (Fsp3) is 0.409. The van der Waals surface area contributed by atoms with E-state index >= 15 is 0 Å². The number of hydrogen-bond acceptors (Lipinski definition) is 4. The molecule has 6 heteroatoms. The number of rotatable bonds is 5. The summed E-state index contributed by atoms with van der Waals surface area (Å²) >= 11 is 6.05. The molecule has 1 atom stereocenters. The van der Waals surface area contributed by atoms with Crippen LogP contribution in [0.5, 0.6) is 11.5 Å². The first kappa shape index (κ1) is 20.5. The molecule has 28 heavy (non-hydrogen) atoms. The minimum Gasteiger partial charge on any atom is -0.496 e. The lowest BCUT2D eigenvalue weighted by Crippen LogP contribution is -2.47. The van der Waals surface area contributed by atoms with E-state index in [4.69, 9.17) is 25.8 Å². The molecule has 2 aromatic rings. The van der Waals surface area contributed by atoms with Gasteiger partial charge in [-0.05, 0) is 67.8 Å². The second-order valence-corrected chi connectivity index (χ2v) is 7.52. The third-order valence-electron chi connectivity index (χ3n) is 4.90. The molecule has 1 saturated heterocycles. The Morgan fingerprint density at radius 2 is 1.89 bits per heavy atom. The average Bonchev–Trinajstić information content (AvgIpc) is 2.68. The first-order chi connectivity index (χ1) is 13.4. The van der Waals surface area contributed by atoms with Crippen molar-refractivity contribution < 1.29 is 19.0 Å². The minimum absolute atomic E-state index is 0.00416. The number of benzene rings is 2. The lowest BCUT2D eigenvalue weighted by Gasteiger charge is -2.33. The summed E-state index contributed by atoms with van der Waals surface area (Å²) < 4.78 is 17.0. The van der Waals surface area contributed by atoms with E-state index in [1.54, 1.807) is 7.11 Å². The van der Waals surface area contributed by atoms with Crippen molar-refractivity contribution in [3.05, 3.63) is 57.6 Å². The standard InChI is InChI=1S/C22H26ClNO4/c1-14-11-18(5-6-20(14)23)28-13-19-12-24(7-8-27-19)22(25)17-9-15(2)21(26-4)16(3)10-17/h5-6,9-11,19H,7-8,12-13H2,1-4H3/t19-/m0/s1. The third kappa shape index (κ3) is 4.59. The highest BCUT2D eigenvalue weighted by Crippen LogP contribution is 2.26.